The number of nitrogens with zero attached hydrogens (tertiary/aromatic N) is 3. The Morgan fingerprint density at radius 1 is 1.19 bits per heavy atom. The van der Waals surface area contributed by atoms with Crippen molar-refractivity contribution in [2.75, 3.05) is 16.8 Å². The molecule has 7 nitrogen and oxygen atoms in total. The van der Waals surface area contributed by atoms with Crippen LogP contribution in [0.5, 0.6) is 0 Å². The summed E-state index contributed by atoms with van der Waals surface area (Å²) in [5.41, 5.74) is 13.1. The van der Waals surface area contributed by atoms with Gasteiger partial charge in [-0.1, -0.05) is 23.5 Å². The molecule has 0 saturated carbocycles. The Kier molecular flexibility index (Phi) is 4.65. The molecule has 0 aliphatic carbocycles. The number of aromatic nitrogens is 2. The molecule has 3 aromatic heterocycles. The second-order valence-corrected chi connectivity index (χ2v) is 7.20. The number of carbonyl (C=O) groups is 1. The van der Waals surface area contributed by atoms with E-state index in [0.29, 0.717) is 20.2 Å². The molecule has 0 fully saturated rings. The van der Waals surface area contributed by atoms with Gasteiger partial charge in [-0.2, -0.15) is 5.26 Å². The number of thiophene rings is 1. The van der Waals surface area contributed by atoms with Crippen molar-refractivity contribution in [3.8, 4) is 6.07 Å². The first kappa shape index (κ1) is 17.9. The second-order valence-electron chi connectivity index (χ2n) is 5.17. The number of anilines is 3. The number of benzene rings is 1. The fraction of sp³-hybridized carbons (Fsp3) is 0. The van der Waals surface area contributed by atoms with Crippen LogP contribution < -0.4 is 16.8 Å². The van der Waals surface area contributed by atoms with E-state index < -0.39 is 0 Å². The highest BCUT2D eigenvalue weighted by molar-refractivity contribution is 7.23. The number of nitriles is 1. The van der Waals surface area contributed by atoms with Crippen molar-refractivity contribution in [1.82, 2.24) is 9.97 Å². The molecule has 0 radical (unpaired) electrons. The highest BCUT2D eigenvalue weighted by Gasteiger charge is 2.20. The molecule has 4 aromatic rings. The zero-order valence-corrected chi connectivity index (χ0v) is 15.5. The Bertz CT molecular complexity index is 1160. The van der Waals surface area contributed by atoms with Gasteiger partial charge in [-0.15, -0.1) is 23.7 Å². The standard InChI is InChI=1S/C16H10N6OS2.ClH/c17-6-7-5-8-11(18)12(25-15(8)21-13(7)19)14(23)22-16-20-9-3-1-2-4-10(9)24-16;/h1-5H,18H2,(H2,19,21)(H,20,22,23);1H. The maximum atomic E-state index is 12.6. The van der Waals surface area contributed by atoms with Gasteiger partial charge in [0.25, 0.3) is 5.91 Å². The largest absolute Gasteiger partial charge is 0.397 e. The minimum Gasteiger partial charge on any atom is -0.397 e. The maximum absolute atomic E-state index is 12.6. The van der Waals surface area contributed by atoms with E-state index in [9.17, 15) is 4.79 Å². The fourth-order valence-electron chi connectivity index (χ4n) is 2.39. The summed E-state index contributed by atoms with van der Waals surface area (Å²) in [6, 6.07) is 11.1. The summed E-state index contributed by atoms with van der Waals surface area (Å²) in [5, 5.41) is 12.9. The summed E-state index contributed by atoms with van der Waals surface area (Å²) in [6.45, 7) is 0. The topological polar surface area (TPSA) is 131 Å². The number of thiazole rings is 1. The lowest BCUT2D eigenvalue weighted by Crippen LogP contribution is -2.11. The van der Waals surface area contributed by atoms with E-state index in [1.807, 2.05) is 30.3 Å². The average molecular weight is 403 g/mol. The Morgan fingerprint density at radius 3 is 2.69 bits per heavy atom. The molecule has 0 aliphatic heterocycles. The fourth-order valence-corrected chi connectivity index (χ4v) is 4.23. The number of rotatable bonds is 2. The Hall–Kier alpha value is -2.93. The van der Waals surface area contributed by atoms with Gasteiger partial charge in [0.15, 0.2) is 5.13 Å². The molecule has 0 spiro atoms. The van der Waals surface area contributed by atoms with E-state index in [1.165, 1.54) is 11.3 Å². The minimum absolute atomic E-state index is 0. The van der Waals surface area contributed by atoms with E-state index in [-0.39, 0.29) is 35.4 Å². The summed E-state index contributed by atoms with van der Waals surface area (Å²) in [6.07, 6.45) is 0. The molecule has 1 amide bonds. The Labute approximate surface area is 161 Å². The summed E-state index contributed by atoms with van der Waals surface area (Å²) < 4.78 is 0.982. The molecule has 0 bridgehead atoms. The highest BCUT2D eigenvalue weighted by atomic mass is 35.5. The monoisotopic (exact) mass is 402 g/mol. The molecule has 0 unspecified atom stereocenters. The van der Waals surface area contributed by atoms with Crippen molar-refractivity contribution in [3.05, 3.63) is 40.8 Å². The Morgan fingerprint density at radius 2 is 1.96 bits per heavy atom. The van der Waals surface area contributed by atoms with Gasteiger partial charge in [-0.25, -0.2) is 9.97 Å². The van der Waals surface area contributed by atoms with E-state index in [2.05, 4.69) is 15.3 Å². The molecule has 0 saturated heterocycles. The van der Waals surface area contributed by atoms with Crippen molar-refractivity contribution in [3.63, 3.8) is 0 Å². The van der Waals surface area contributed by atoms with Gasteiger partial charge in [0.05, 0.1) is 21.5 Å². The van der Waals surface area contributed by atoms with Crippen LogP contribution in [0, 0.1) is 11.3 Å². The van der Waals surface area contributed by atoms with E-state index >= 15 is 0 Å². The molecule has 3 heterocycles. The predicted octanol–water partition coefficient (Wildman–Crippen LogP) is 3.62. The van der Waals surface area contributed by atoms with Gasteiger partial charge in [0.2, 0.25) is 0 Å². The van der Waals surface area contributed by atoms with Crippen LogP contribution in [0.2, 0.25) is 0 Å². The van der Waals surface area contributed by atoms with E-state index in [1.54, 1.807) is 6.07 Å². The lowest BCUT2D eigenvalue weighted by atomic mass is 10.2. The van der Waals surface area contributed by atoms with Gasteiger partial charge in [-0.3, -0.25) is 10.1 Å². The van der Waals surface area contributed by atoms with Crippen LogP contribution in [0.25, 0.3) is 20.4 Å². The number of amides is 1. The molecule has 26 heavy (non-hydrogen) atoms. The third kappa shape index (κ3) is 2.90. The highest BCUT2D eigenvalue weighted by Crippen LogP contribution is 2.35. The first-order valence-corrected chi connectivity index (χ1v) is 8.75. The molecule has 1 aromatic carbocycles. The van der Waals surface area contributed by atoms with Crippen molar-refractivity contribution in [2.45, 2.75) is 0 Å². The SMILES string of the molecule is Cl.N#Cc1cc2c(N)c(C(=O)Nc3nc4ccccc4s3)sc2nc1N. The molecule has 5 N–H and O–H groups in total. The van der Waals surface area contributed by atoms with Crippen molar-refractivity contribution >= 4 is 78.1 Å². The second kappa shape index (κ2) is 6.76. The van der Waals surface area contributed by atoms with E-state index in [0.717, 1.165) is 21.6 Å². The summed E-state index contributed by atoms with van der Waals surface area (Å²) >= 11 is 2.51. The number of halogens is 1. The van der Waals surface area contributed by atoms with Crippen LogP contribution in [-0.4, -0.2) is 15.9 Å². The normalized spacial score (nSPS) is 10.4. The molecule has 4 rings (SSSR count). The quantitative estimate of drug-likeness (QED) is 0.469. The van der Waals surface area contributed by atoms with Crippen LogP contribution in [0.1, 0.15) is 15.2 Å². The number of pyridine rings is 1. The number of nitrogens with one attached hydrogen (secondary N) is 1. The molecular weight excluding hydrogens is 392 g/mol. The van der Waals surface area contributed by atoms with Crippen molar-refractivity contribution in [1.29, 1.82) is 5.26 Å². The number of fused-ring (bicyclic) bond motifs is 2. The number of carbonyl (C=O) groups excluding carboxylic acids is 1. The number of nitrogens with two attached hydrogens (primary N) is 2. The van der Waals surface area contributed by atoms with Crippen LogP contribution in [0.15, 0.2) is 30.3 Å². The predicted molar refractivity (Wildman–Crippen MR) is 108 cm³/mol. The molecular formula is C16H11ClN6OS2. The third-order valence-corrected chi connectivity index (χ3v) is 5.66. The number of hydrogen-bond acceptors (Lipinski definition) is 8. The smallest absolute Gasteiger partial charge is 0.269 e. The van der Waals surface area contributed by atoms with Gasteiger partial charge in [0, 0.05) is 5.39 Å². The Balaban J connectivity index is 0.00000196. The zero-order chi connectivity index (χ0) is 17.6. The van der Waals surface area contributed by atoms with E-state index in [4.69, 9.17) is 16.7 Å². The average Bonchev–Trinajstić information content (AvgIpc) is 3.14. The minimum atomic E-state index is -0.364. The van der Waals surface area contributed by atoms with Gasteiger partial charge < -0.3 is 11.5 Å². The van der Waals surface area contributed by atoms with Crippen molar-refractivity contribution in [2.24, 2.45) is 0 Å². The number of nitrogen functional groups attached to an aromatic ring is 2. The third-order valence-electron chi connectivity index (χ3n) is 3.59. The number of hydrogen-bond donors (Lipinski definition) is 3. The summed E-state index contributed by atoms with van der Waals surface area (Å²) in [4.78, 5) is 21.9. The molecule has 10 heteroatoms. The summed E-state index contributed by atoms with van der Waals surface area (Å²) in [5.74, 6) is -0.244. The maximum Gasteiger partial charge on any atom is 0.269 e. The van der Waals surface area contributed by atoms with Crippen LogP contribution >= 0.6 is 35.1 Å². The summed E-state index contributed by atoms with van der Waals surface area (Å²) in [7, 11) is 0. The zero-order valence-electron chi connectivity index (χ0n) is 13.0. The first-order chi connectivity index (χ1) is 12.1. The molecule has 130 valence electrons. The van der Waals surface area contributed by atoms with Gasteiger partial charge in [0.1, 0.15) is 21.6 Å². The molecule has 0 atom stereocenters. The number of para-hydroxylation sites is 1. The van der Waals surface area contributed by atoms with Crippen LogP contribution in [0.4, 0.5) is 16.6 Å². The van der Waals surface area contributed by atoms with Gasteiger partial charge in [-0.05, 0) is 18.2 Å². The van der Waals surface area contributed by atoms with Gasteiger partial charge >= 0.3 is 0 Å². The van der Waals surface area contributed by atoms with Crippen molar-refractivity contribution < 1.29 is 4.79 Å². The first-order valence-electron chi connectivity index (χ1n) is 7.12. The molecule has 0 aliphatic rings. The lowest BCUT2D eigenvalue weighted by molar-refractivity contribution is 0.103. The van der Waals surface area contributed by atoms with Crippen LogP contribution in [0.3, 0.4) is 0 Å². The van der Waals surface area contributed by atoms with Crippen LogP contribution in [-0.2, 0) is 0 Å². The lowest BCUT2D eigenvalue weighted by Gasteiger charge is -2.00.